The van der Waals surface area contributed by atoms with Gasteiger partial charge in [-0.2, -0.15) is 5.10 Å². The van der Waals surface area contributed by atoms with Crippen molar-refractivity contribution in [3.8, 4) is 0 Å². The molecule has 0 atom stereocenters. The molecule has 7 heteroatoms. The van der Waals surface area contributed by atoms with Crippen molar-refractivity contribution in [1.29, 1.82) is 0 Å². The highest BCUT2D eigenvalue weighted by molar-refractivity contribution is 7.90. The van der Waals surface area contributed by atoms with Crippen LogP contribution in [-0.2, 0) is 10.0 Å². The van der Waals surface area contributed by atoms with Gasteiger partial charge in [-0.15, -0.1) is 0 Å². The summed E-state index contributed by atoms with van der Waals surface area (Å²) < 4.78 is 25.1. The van der Waals surface area contributed by atoms with Gasteiger partial charge in [0.25, 0.3) is 5.91 Å². The molecule has 6 nitrogen and oxygen atoms in total. The predicted octanol–water partition coefficient (Wildman–Crippen LogP) is 1.15. The van der Waals surface area contributed by atoms with Crippen LogP contribution < -0.4 is 4.72 Å². The van der Waals surface area contributed by atoms with Crippen molar-refractivity contribution in [2.75, 3.05) is 5.75 Å². The standard InChI is InChI=1S/C11H17N3O3S/c1-2-3-6-18(16,17)14-11(15)10-7-9(12-13-10)8-4-5-8/h7-8H,2-6H2,1H3,(H,12,13)(H,14,15). The van der Waals surface area contributed by atoms with E-state index in [1.807, 2.05) is 11.6 Å². The van der Waals surface area contributed by atoms with Crippen molar-refractivity contribution in [2.45, 2.75) is 38.5 Å². The first-order chi connectivity index (χ1) is 8.52. The molecule has 0 unspecified atom stereocenters. The Kier molecular flexibility index (Phi) is 3.70. The second-order valence-corrected chi connectivity index (χ2v) is 6.43. The van der Waals surface area contributed by atoms with Crippen molar-refractivity contribution in [2.24, 2.45) is 0 Å². The number of amides is 1. The Morgan fingerprint density at radius 3 is 2.89 bits per heavy atom. The largest absolute Gasteiger partial charge is 0.285 e. The lowest BCUT2D eigenvalue weighted by Crippen LogP contribution is -2.32. The number of carbonyl (C=O) groups excluding carboxylic acids is 1. The maximum atomic E-state index is 11.7. The van der Waals surface area contributed by atoms with E-state index in [1.165, 1.54) is 0 Å². The SMILES string of the molecule is CCCCS(=O)(=O)NC(=O)c1cc(C2CC2)[nH]n1. The number of H-pyrrole nitrogens is 1. The molecule has 100 valence electrons. The van der Waals surface area contributed by atoms with Crippen LogP contribution in [0.2, 0.25) is 0 Å². The van der Waals surface area contributed by atoms with Gasteiger partial charge >= 0.3 is 0 Å². The lowest BCUT2D eigenvalue weighted by molar-refractivity contribution is 0.0976. The summed E-state index contributed by atoms with van der Waals surface area (Å²) >= 11 is 0. The molecule has 1 aliphatic rings. The molecule has 0 spiro atoms. The number of rotatable bonds is 6. The van der Waals surface area contributed by atoms with Gasteiger partial charge in [-0.3, -0.25) is 9.89 Å². The topological polar surface area (TPSA) is 91.9 Å². The Balaban J connectivity index is 1.97. The summed E-state index contributed by atoms with van der Waals surface area (Å²) in [6.07, 6.45) is 3.50. The molecule has 0 radical (unpaired) electrons. The van der Waals surface area contributed by atoms with Crippen LogP contribution in [0, 0.1) is 0 Å². The molecule has 1 aromatic heterocycles. The molecule has 1 aromatic rings. The average Bonchev–Trinajstić information content (AvgIpc) is 3.04. The molecule has 2 N–H and O–H groups in total. The van der Waals surface area contributed by atoms with E-state index >= 15 is 0 Å². The first kappa shape index (κ1) is 13.1. The zero-order valence-corrected chi connectivity index (χ0v) is 11.1. The molecule has 1 fully saturated rings. The Labute approximate surface area is 106 Å². The van der Waals surface area contributed by atoms with Gasteiger partial charge in [-0.05, 0) is 25.3 Å². The molecule has 1 saturated carbocycles. The van der Waals surface area contributed by atoms with E-state index in [4.69, 9.17) is 0 Å². The lowest BCUT2D eigenvalue weighted by Gasteiger charge is -2.03. The maximum Gasteiger partial charge on any atom is 0.285 e. The van der Waals surface area contributed by atoms with E-state index in [1.54, 1.807) is 6.07 Å². The predicted molar refractivity (Wildman–Crippen MR) is 66.7 cm³/mol. The van der Waals surface area contributed by atoms with Crippen LogP contribution >= 0.6 is 0 Å². The van der Waals surface area contributed by atoms with Gasteiger partial charge < -0.3 is 0 Å². The van der Waals surface area contributed by atoms with E-state index in [2.05, 4.69) is 10.2 Å². The summed E-state index contributed by atoms with van der Waals surface area (Å²) in [6, 6.07) is 1.63. The number of aromatic nitrogens is 2. The highest BCUT2D eigenvalue weighted by Crippen LogP contribution is 2.38. The van der Waals surface area contributed by atoms with Crippen LogP contribution in [0.15, 0.2) is 6.07 Å². The minimum atomic E-state index is -3.54. The molecule has 0 aliphatic heterocycles. The Hall–Kier alpha value is -1.37. The zero-order valence-electron chi connectivity index (χ0n) is 10.3. The van der Waals surface area contributed by atoms with Crippen LogP contribution in [0.5, 0.6) is 0 Å². The number of unbranched alkanes of at least 4 members (excludes halogenated alkanes) is 1. The molecule has 0 aromatic carbocycles. The third kappa shape index (κ3) is 3.32. The Bertz CT molecular complexity index is 531. The van der Waals surface area contributed by atoms with E-state index in [0.29, 0.717) is 12.3 Å². The van der Waals surface area contributed by atoms with Crippen molar-refractivity contribution < 1.29 is 13.2 Å². The molecule has 0 bridgehead atoms. The van der Waals surface area contributed by atoms with Gasteiger partial charge in [0.05, 0.1) is 5.75 Å². The highest BCUT2D eigenvalue weighted by Gasteiger charge is 2.27. The van der Waals surface area contributed by atoms with Crippen molar-refractivity contribution in [3.05, 3.63) is 17.5 Å². The second-order valence-electron chi connectivity index (χ2n) is 4.59. The summed E-state index contributed by atoms with van der Waals surface area (Å²) in [5.41, 5.74) is 1.04. The number of hydrogen-bond donors (Lipinski definition) is 2. The second kappa shape index (κ2) is 5.09. The fourth-order valence-electron chi connectivity index (χ4n) is 1.64. The molecular weight excluding hydrogens is 254 g/mol. The zero-order chi connectivity index (χ0) is 13.2. The minimum absolute atomic E-state index is 0.0326. The average molecular weight is 271 g/mol. The molecule has 18 heavy (non-hydrogen) atoms. The van der Waals surface area contributed by atoms with E-state index in [9.17, 15) is 13.2 Å². The van der Waals surface area contributed by atoms with Gasteiger partial charge in [0.2, 0.25) is 10.0 Å². The monoisotopic (exact) mass is 271 g/mol. The van der Waals surface area contributed by atoms with Crippen LogP contribution in [0.4, 0.5) is 0 Å². The number of aromatic amines is 1. The smallest absolute Gasteiger partial charge is 0.281 e. The summed E-state index contributed by atoms with van der Waals surface area (Å²) in [6.45, 7) is 1.90. The maximum absolute atomic E-state index is 11.7. The molecule has 1 amide bonds. The van der Waals surface area contributed by atoms with Crippen molar-refractivity contribution >= 4 is 15.9 Å². The first-order valence-electron chi connectivity index (χ1n) is 6.12. The van der Waals surface area contributed by atoms with Crippen molar-refractivity contribution in [1.82, 2.24) is 14.9 Å². The third-order valence-electron chi connectivity index (χ3n) is 2.86. The normalized spacial score (nSPS) is 15.6. The molecule has 0 saturated heterocycles. The van der Waals surface area contributed by atoms with Gasteiger partial charge in [0.1, 0.15) is 0 Å². The van der Waals surface area contributed by atoms with Crippen molar-refractivity contribution in [3.63, 3.8) is 0 Å². The van der Waals surface area contributed by atoms with Gasteiger partial charge in [-0.1, -0.05) is 13.3 Å². The Morgan fingerprint density at radius 1 is 1.56 bits per heavy atom. The molecule has 1 aliphatic carbocycles. The summed E-state index contributed by atoms with van der Waals surface area (Å²) in [7, 11) is -3.54. The number of sulfonamides is 1. The summed E-state index contributed by atoms with van der Waals surface area (Å²) in [5, 5.41) is 6.61. The van der Waals surface area contributed by atoms with E-state index in [0.717, 1.165) is 25.0 Å². The lowest BCUT2D eigenvalue weighted by atomic mass is 10.2. The highest BCUT2D eigenvalue weighted by atomic mass is 32.2. The fourth-order valence-corrected chi connectivity index (χ4v) is 2.79. The molecule has 2 rings (SSSR count). The van der Waals surface area contributed by atoms with E-state index in [-0.39, 0.29) is 11.4 Å². The molecule has 1 heterocycles. The summed E-state index contributed by atoms with van der Waals surface area (Å²) in [5.74, 6) is -0.236. The number of nitrogens with zero attached hydrogens (tertiary/aromatic N) is 1. The number of hydrogen-bond acceptors (Lipinski definition) is 4. The number of carbonyl (C=O) groups is 1. The van der Waals surface area contributed by atoms with Gasteiger partial charge in [0, 0.05) is 11.6 Å². The number of nitrogens with one attached hydrogen (secondary N) is 2. The van der Waals surface area contributed by atoms with Crippen LogP contribution in [-0.4, -0.2) is 30.3 Å². The van der Waals surface area contributed by atoms with E-state index < -0.39 is 15.9 Å². The fraction of sp³-hybridized carbons (Fsp3) is 0.636. The van der Waals surface area contributed by atoms with Crippen LogP contribution in [0.25, 0.3) is 0 Å². The van der Waals surface area contributed by atoms with Crippen LogP contribution in [0.1, 0.15) is 54.7 Å². The Morgan fingerprint density at radius 2 is 2.28 bits per heavy atom. The van der Waals surface area contributed by atoms with Gasteiger partial charge in [0.15, 0.2) is 5.69 Å². The minimum Gasteiger partial charge on any atom is -0.281 e. The van der Waals surface area contributed by atoms with Gasteiger partial charge in [-0.25, -0.2) is 13.1 Å². The molecular formula is C11H17N3O3S. The third-order valence-corrected chi connectivity index (χ3v) is 4.18. The quantitative estimate of drug-likeness (QED) is 0.811. The summed E-state index contributed by atoms with van der Waals surface area (Å²) in [4.78, 5) is 11.7. The van der Waals surface area contributed by atoms with Crippen LogP contribution in [0.3, 0.4) is 0 Å². The first-order valence-corrected chi connectivity index (χ1v) is 7.77.